The van der Waals surface area contributed by atoms with Gasteiger partial charge in [0.25, 0.3) is 0 Å². The van der Waals surface area contributed by atoms with Gasteiger partial charge < -0.3 is 5.32 Å². The summed E-state index contributed by atoms with van der Waals surface area (Å²) < 4.78 is 41.6. The minimum absolute atomic E-state index is 0. The van der Waals surface area contributed by atoms with Gasteiger partial charge >= 0.3 is 0 Å². The van der Waals surface area contributed by atoms with Gasteiger partial charge in [-0.1, -0.05) is 18.2 Å². The molecule has 0 radical (unpaired) electrons. The maximum absolute atomic E-state index is 14.8. The van der Waals surface area contributed by atoms with Gasteiger partial charge in [-0.3, -0.25) is 4.79 Å². The molecule has 1 atom stereocenters. The zero-order valence-corrected chi connectivity index (χ0v) is 14.1. The van der Waals surface area contributed by atoms with Gasteiger partial charge in [0.1, 0.15) is 17.5 Å². The quantitative estimate of drug-likeness (QED) is 0.886. The number of ketones is 1. The molecule has 132 valence electrons. The number of hydrogen-bond acceptors (Lipinski definition) is 2. The molecule has 2 heterocycles. The summed E-state index contributed by atoms with van der Waals surface area (Å²) in [6, 6.07) is 7.67. The van der Waals surface area contributed by atoms with Gasteiger partial charge in [-0.15, -0.1) is 12.4 Å². The third-order valence-electron chi connectivity index (χ3n) is 5.00. The van der Waals surface area contributed by atoms with Crippen molar-refractivity contribution in [1.29, 1.82) is 0 Å². The lowest BCUT2D eigenvalue weighted by molar-refractivity contribution is -0.133. The van der Waals surface area contributed by atoms with Crippen molar-refractivity contribution in [3.05, 3.63) is 59.4 Å². The molecule has 25 heavy (non-hydrogen) atoms. The van der Waals surface area contributed by atoms with Gasteiger partial charge in [0.2, 0.25) is 0 Å². The molecule has 0 amide bonds. The summed E-state index contributed by atoms with van der Waals surface area (Å²) in [7, 11) is 0. The number of nitrogens with one attached hydrogen (secondary N) is 1. The van der Waals surface area contributed by atoms with E-state index in [9.17, 15) is 18.0 Å². The van der Waals surface area contributed by atoms with Crippen LogP contribution in [-0.4, -0.2) is 17.9 Å². The summed E-state index contributed by atoms with van der Waals surface area (Å²) >= 11 is 0. The highest BCUT2D eigenvalue weighted by atomic mass is 35.5. The van der Waals surface area contributed by atoms with Crippen LogP contribution < -0.4 is 5.32 Å². The Balaban J connectivity index is 0.00000182. The lowest BCUT2D eigenvalue weighted by Gasteiger charge is -2.45. The number of Topliss-reactive ketones (excluding diaryl/α,β-unsaturated/α-hetero) is 1. The fourth-order valence-electron chi connectivity index (χ4n) is 3.69. The normalized spacial score (nSPS) is 24.4. The van der Waals surface area contributed by atoms with Crippen LogP contribution >= 0.6 is 12.4 Å². The van der Waals surface area contributed by atoms with E-state index in [0.29, 0.717) is 11.6 Å². The van der Waals surface area contributed by atoms with Gasteiger partial charge in [-0.2, -0.15) is 0 Å². The van der Waals surface area contributed by atoms with Crippen molar-refractivity contribution in [2.75, 3.05) is 0 Å². The van der Waals surface area contributed by atoms with Crippen molar-refractivity contribution >= 4 is 18.2 Å². The molecule has 1 unspecified atom stereocenters. The Morgan fingerprint density at radius 3 is 2.36 bits per heavy atom. The number of benzene rings is 2. The highest BCUT2D eigenvalue weighted by Crippen LogP contribution is 2.35. The second-order valence-corrected chi connectivity index (χ2v) is 6.63. The van der Waals surface area contributed by atoms with E-state index in [1.807, 2.05) is 0 Å². The fourth-order valence-corrected chi connectivity index (χ4v) is 3.69. The van der Waals surface area contributed by atoms with Gasteiger partial charge in [0, 0.05) is 23.6 Å². The van der Waals surface area contributed by atoms with Crippen molar-refractivity contribution < 1.29 is 18.0 Å². The first-order valence-corrected chi connectivity index (χ1v) is 8.05. The molecule has 1 N–H and O–H groups in total. The number of fused-ring (bicyclic) bond motifs is 2. The van der Waals surface area contributed by atoms with Crippen LogP contribution in [0.25, 0.3) is 11.1 Å². The number of hydrogen-bond donors (Lipinski definition) is 1. The first-order valence-electron chi connectivity index (χ1n) is 8.05. The molecule has 0 aromatic heterocycles. The van der Waals surface area contributed by atoms with Gasteiger partial charge in [0.05, 0.1) is 6.04 Å². The maximum atomic E-state index is 14.8. The molecule has 2 nitrogen and oxygen atoms in total. The van der Waals surface area contributed by atoms with E-state index in [0.717, 1.165) is 31.0 Å². The summed E-state index contributed by atoms with van der Waals surface area (Å²) in [4.78, 5) is 12.2. The second kappa shape index (κ2) is 6.81. The number of carbonyl (C=O) groups is 1. The van der Waals surface area contributed by atoms with Crippen LogP contribution in [0.15, 0.2) is 36.4 Å². The molecule has 0 spiro atoms. The van der Waals surface area contributed by atoms with Crippen LogP contribution in [-0.2, 0) is 11.2 Å². The minimum Gasteiger partial charge on any atom is -0.304 e. The van der Waals surface area contributed by atoms with Crippen LogP contribution in [0.1, 0.15) is 18.4 Å². The summed E-state index contributed by atoms with van der Waals surface area (Å²) in [6.45, 7) is 0. The van der Waals surface area contributed by atoms with Crippen LogP contribution in [0.2, 0.25) is 0 Å². The van der Waals surface area contributed by atoms with Crippen LogP contribution in [0.3, 0.4) is 0 Å². The predicted octanol–water partition coefficient (Wildman–Crippen LogP) is 4.05. The van der Waals surface area contributed by atoms with E-state index in [4.69, 9.17) is 0 Å². The van der Waals surface area contributed by atoms with Crippen molar-refractivity contribution in [2.24, 2.45) is 5.92 Å². The largest absolute Gasteiger partial charge is 0.304 e. The Morgan fingerprint density at radius 2 is 1.72 bits per heavy atom. The fraction of sp³-hybridized carbons (Fsp3) is 0.316. The monoisotopic (exact) mass is 367 g/mol. The minimum atomic E-state index is -0.751. The Labute approximate surface area is 149 Å². The Morgan fingerprint density at radius 1 is 1.04 bits per heavy atom. The summed E-state index contributed by atoms with van der Waals surface area (Å²) in [6.07, 6.45) is 2.00. The third-order valence-corrected chi connectivity index (χ3v) is 5.00. The Hall–Kier alpha value is -1.85. The highest BCUT2D eigenvalue weighted by Gasteiger charge is 2.44. The van der Waals surface area contributed by atoms with E-state index >= 15 is 0 Å². The lowest BCUT2D eigenvalue weighted by atomic mass is 9.70. The average molecular weight is 368 g/mol. The van der Waals surface area contributed by atoms with E-state index in [1.54, 1.807) is 12.1 Å². The molecule has 3 aliphatic rings. The number of halogens is 4. The van der Waals surface area contributed by atoms with Crippen molar-refractivity contribution in [3.8, 4) is 11.1 Å². The number of piperidine rings is 2. The summed E-state index contributed by atoms with van der Waals surface area (Å²) in [5, 5.41) is 3.25. The van der Waals surface area contributed by atoms with E-state index in [1.165, 1.54) is 6.07 Å². The molecule has 2 aromatic carbocycles. The first kappa shape index (κ1) is 18.0. The average Bonchev–Trinajstić information content (AvgIpc) is 2.49. The van der Waals surface area contributed by atoms with E-state index in [2.05, 4.69) is 5.32 Å². The second-order valence-electron chi connectivity index (χ2n) is 6.63. The van der Waals surface area contributed by atoms with Gasteiger partial charge in [0.15, 0.2) is 5.78 Å². The van der Waals surface area contributed by atoms with Crippen molar-refractivity contribution in [2.45, 2.75) is 31.3 Å². The van der Waals surface area contributed by atoms with Crippen LogP contribution in [0.4, 0.5) is 13.2 Å². The van der Waals surface area contributed by atoms with Crippen molar-refractivity contribution in [1.82, 2.24) is 5.32 Å². The van der Waals surface area contributed by atoms with Crippen molar-refractivity contribution in [3.63, 3.8) is 0 Å². The zero-order valence-electron chi connectivity index (χ0n) is 13.3. The maximum Gasteiger partial charge on any atom is 0.153 e. The molecular weight excluding hydrogens is 351 g/mol. The molecule has 1 saturated carbocycles. The highest BCUT2D eigenvalue weighted by molar-refractivity contribution is 5.89. The predicted molar refractivity (Wildman–Crippen MR) is 91.1 cm³/mol. The van der Waals surface area contributed by atoms with Crippen LogP contribution in [0.5, 0.6) is 0 Å². The molecule has 2 bridgehead atoms. The molecule has 3 fully saturated rings. The zero-order chi connectivity index (χ0) is 16.8. The molecule has 5 rings (SSSR count). The van der Waals surface area contributed by atoms with Gasteiger partial charge in [-0.05, 0) is 42.5 Å². The third kappa shape index (κ3) is 3.31. The van der Waals surface area contributed by atoms with E-state index < -0.39 is 17.5 Å². The number of rotatable bonds is 3. The van der Waals surface area contributed by atoms with Gasteiger partial charge in [-0.25, -0.2) is 13.2 Å². The molecule has 6 heteroatoms. The molecule has 2 saturated heterocycles. The molecule has 2 aliphatic heterocycles. The molecule has 2 aromatic rings. The topological polar surface area (TPSA) is 29.1 Å². The standard InChI is InChI=1S/C19H16F3NO.ClH/c20-13-4-11(5-14(21)9-13)16-3-1-2-10(18(16)22)8-17-19(24)12-6-15(7-12)23-17;/h1-5,9,12,15,17,23H,6-8H2;1H. The van der Waals surface area contributed by atoms with Crippen LogP contribution in [0, 0.1) is 23.4 Å². The molecular formula is C19H17ClF3NO. The van der Waals surface area contributed by atoms with E-state index in [-0.39, 0.29) is 47.7 Å². The summed E-state index contributed by atoms with van der Waals surface area (Å²) in [5.41, 5.74) is 0.668. The SMILES string of the molecule is Cl.O=C1C2CC(C2)NC1Cc1cccc(-c2cc(F)cc(F)c2)c1F. The number of carbonyl (C=O) groups excluding carboxylic acids is 1. The lowest BCUT2D eigenvalue weighted by Crippen LogP contribution is -2.61. The summed E-state index contributed by atoms with van der Waals surface area (Å²) in [5.74, 6) is -1.79. The molecule has 1 aliphatic carbocycles. The first-order chi connectivity index (χ1) is 11.5. The Bertz CT molecular complexity index is 800. The smallest absolute Gasteiger partial charge is 0.153 e. The Kier molecular flexibility index (Phi) is 4.89.